The molecular weight excluding hydrogens is 270 g/mol. The van der Waals surface area contributed by atoms with Crippen molar-refractivity contribution >= 4 is 21.6 Å². The Labute approximate surface area is 102 Å². The highest BCUT2D eigenvalue weighted by molar-refractivity contribution is 9.10. The molecule has 1 aromatic heterocycles. The van der Waals surface area contributed by atoms with E-state index in [0.29, 0.717) is 17.3 Å². The third kappa shape index (κ3) is 2.49. The molecule has 0 saturated carbocycles. The number of benzene rings is 1. The van der Waals surface area contributed by atoms with Crippen molar-refractivity contribution in [2.75, 3.05) is 5.73 Å². The zero-order valence-corrected chi connectivity index (χ0v) is 10.2. The summed E-state index contributed by atoms with van der Waals surface area (Å²) in [6, 6.07) is 7.12. The Morgan fingerprint density at radius 3 is 2.81 bits per heavy atom. The molecule has 0 atom stereocenters. The van der Waals surface area contributed by atoms with E-state index in [1.807, 2.05) is 13.0 Å². The largest absolute Gasteiger partial charge is 0.438 e. The summed E-state index contributed by atoms with van der Waals surface area (Å²) in [4.78, 5) is 8.00. The van der Waals surface area contributed by atoms with E-state index in [-0.39, 0.29) is 0 Å². The minimum Gasteiger partial charge on any atom is -0.438 e. The number of aromatic nitrogens is 2. The van der Waals surface area contributed by atoms with E-state index in [0.717, 1.165) is 10.2 Å². The van der Waals surface area contributed by atoms with Gasteiger partial charge in [0.1, 0.15) is 12.1 Å². The maximum absolute atomic E-state index is 5.68. The van der Waals surface area contributed by atoms with Crippen LogP contribution in [0.3, 0.4) is 0 Å². The van der Waals surface area contributed by atoms with E-state index in [1.54, 1.807) is 18.2 Å². The average molecular weight is 280 g/mol. The SMILES string of the molecule is Cc1cc(Oc2cc(N)ccc2Br)ncn1. The van der Waals surface area contributed by atoms with Gasteiger partial charge in [-0.05, 0) is 35.0 Å². The zero-order valence-electron chi connectivity index (χ0n) is 8.64. The fraction of sp³-hybridized carbons (Fsp3) is 0.0909. The maximum atomic E-state index is 5.68. The molecule has 4 nitrogen and oxygen atoms in total. The summed E-state index contributed by atoms with van der Waals surface area (Å²) in [7, 11) is 0. The van der Waals surface area contributed by atoms with Crippen molar-refractivity contribution in [3.8, 4) is 11.6 Å². The topological polar surface area (TPSA) is 61.0 Å². The number of nitrogens with zero attached hydrogens (tertiary/aromatic N) is 2. The molecule has 0 spiro atoms. The molecule has 0 radical (unpaired) electrons. The summed E-state index contributed by atoms with van der Waals surface area (Å²) in [5, 5.41) is 0. The Balaban J connectivity index is 2.30. The molecule has 2 aromatic rings. The number of nitrogen functional groups attached to an aromatic ring is 1. The minimum absolute atomic E-state index is 0.499. The van der Waals surface area contributed by atoms with Crippen molar-refractivity contribution in [1.82, 2.24) is 9.97 Å². The maximum Gasteiger partial charge on any atom is 0.222 e. The summed E-state index contributed by atoms with van der Waals surface area (Å²) >= 11 is 3.38. The summed E-state index contributed by atoms with van der Waals surface area (Å²) in [6.45, 7) is 1.88. The van der Waals surface area contributed by atoms with Crippen molar-refractivity contribution in [2.45, 2.75) is 6.92 Å². The van der Waals surface area contributed by atoms with Crippen LogP contribution in [0.5, 0.6) is 11.6 Å². The fourth-order valence-electron chi connectivity index (χ4n) is 1.20. The number of rotatable bonds is 2. The molecule has 1 aromatic carbocycles. The van der Waals surface area contributed by atoms with Crippen LogP contribution in [-0.2, 0) is 0 Å². The first-order valence-corrected chi connectivity index (χ1v) is 5.46. The van der Waals surface area contributed by atoms with E-state index < -0.39 is 0 Å². The zero-order chi connectivity index (χ0) is 11.5. The summed E-state index contributed by atoms with van der Waals surface area (Å²) in [6.07, 6.45) is 1.46. The highest BCUT2D eigenvalue weighted by Crippen LogP contribution is 2.30. The lowest BCUT2D eigenvalue weighted by molar-refractivity contribution is 0.458. The Bertz CT molecular complexity index is 516. The lowest BCUT2D eigenvalue weighted by Gasteiger charge is -2.07. The first kappa shape index (κ1) is 10.9. The molecule has 0 aliphatic heterocycles. The molecule has 0 aliphatic rings. The molecule has 0 fully saturated rings. The van der Waals surface area contributed by atoms with Gasteiger partial charge in [-0.15, -0.1) is 0 Å². The third-order valence-corrected chi connectivity index (χ3v) is 2.60. The summed E-state index contributed by atoms with van der Waals surface area (Å²) in [5.74, 6) is 1.14. The van der Waals surface area contributed by atoms with Crippen molar-refractivity contribution in [3.05, 3.63) is 40.8 Å². The van der Waals surface area contributed by atoms with E-state index in [2.05, 4.69) is 25.9 Å². The first-order chi connectivity index (χ1) is 7.65. The van der Waals surface area contributed by atoms with Crippen molar-refractivity contribution in [1.29, 1.82) is 0 Å². The quantitative estimate of drug-likeness (QED) is 0.859. The van der Waals surface area contributed by atoms with Crippen molar-refractivity contribution < 1.29 is 4.74 Å². The second-order valence-corrected chi connectivity index (χ2v) is 4.14. The number of anilines is 1. The van der Waals surface area contributed by atoms with Crippen LogP contribution in [0.4, 0.5) is 5.69 Å². The molecule has 0 saturated heterocycles. The van der Waals surface area contributed by atoms with Gasteiger partial charge in [-0.2, -0.15) is 0 Å². The molecule has 0 unspecified atom stereocenters. The van der Waals surface area contributed by atoms with Gasteiger partial charge < -0.3 is 10.5 Å². The number of aryl methyl sites for hydroxylation is 1. The summed E-state index contributed by atoms with van der Waals surface area (Å²) in [5.41, 5.74) is 7.17. The van der Waals surface area contributed by atoms with Crippen LogP contribution in [0.2, 0.25) is 0 Å². The van der Waals surface area contributed by atoms with E-state index in [1.165, 1.54) is 6.33 Å². The number of hydrogen-bond acceptors (Lipinski definition) is 4. The second kappa shape index (κ2) is 4.49. The van der Waals surface area contributed by atoms with Crippen LogP contribution in [0.1, 0.15) is 5.69 Å². The standard InChI is InChI=1S/C11H10BrN3O/c1-7-4-11(15-6-14-7)16-10-5-8(13)2-3-9(10)12/h2-6H,13H2,1H3. The number of halogens is 1. The molecule has 16 heavy (non-hydrogen) atoms. The van der Waals surface area contributed by atoms with Crippen LogP contribution < -0.4 is 10.5 Å². The Kier molecular flexibility index (Phi) is 3.05. The van der Waals surface area contributed by atoms with Gasteiger partial charge in [-0.3, -0.25) is 0 Å². The molecule has 0 bridgehead atoms. The molecule has 2 rings (SSSR count). The van der Waals surface area contributed by atoms with E-state index in [4.69, 9.17) is 10.5 Å². The molecule has 1 heterocycles. The van der Waals surface area contributed by atoms with Gasteiger partial charge in [-0.1, -0.05) is 0 Å². The van der Waals surface area contributed by atoms with Gasteiger partial charge in [0.25, 0.3) is 0 Å². The van der Waals surface area contributed by atoms with Crippen LogP contribution in [0, 0.1) is 6.92 Å². The monoisotopic (exact) mass is 279 g/mol. The van der Waals surface area contributed by atoms with Gasteiger partial charge >= 0.3 is 0 Å². The number of hydrogen-bond donors (Lipinski definition) is 1. The Hall–Kier alpha value is -1.62. The Morgan fingerprint density at radius 1 is 1.25 bits per heavy atom. The highest BCUT2D eigenvalue weighted by atomic mass is 79.9. The van der Waals surface area contributed by atoms with Gasteiger partial charge in [0.05, 0.1) is 4.47 Å². The second-order valence-electron chi connectivity index (χ2n) is 3.29. The number of nitrogens with two attached hydrogens (primary N) is 1. The molecular formula is C11H10BrN3O. The fourth-order valence-corrected chi connectivity index (χ4v) is 1.52. The van der Waals surface area contributed by atoms with Crippen LogP contribution >= 0.6 is 15.9 Å². The molecule has 82 valence electrons. The predicted octanol–water partition coefficient (Wildman–Crippen LogP) is 2.92. The Morgan fingerprint density at radius 2 is 2.06 bits per heavy atom. The smallest absolute Gasteiger partial charge is 0.222 e. The van der Waals surface area contributed by atoms with Crippen molar-refractivity contribution in [3.63, 3.8) is 0 Å². The van der Waals surface area contributed by atoms with Gasteiger partial charge in [0, 0.05) is 23.5 Å². The molecule has 5 heteroatoms. The lowest BCUT2D eigenvalue weighted by atomic mass is 10.3. The highest BCUT2D eigenvalue weighted by Gasteiger charge is 2.04. The van der Waals surface area contributed by atoms with Crippen LogP contribution in [0.15, 0.2) is 35.1 Å². The van der Waals surface area contributed by atoms with Crippen molar-refractivity contribution in [2.24, 2.45) is 0 Å². The minimum atomic E-state index is 0.499. The molecule has 0 aliphatic carbocycles. The molecule has 2 N–H and O–H groups in total. The van der Waals surface area contributed by atoms with Gasteiger partial charge in [-0.25, -0.2) is 9.97 Å². The lowest BCUT2D eigenvalue weighted by Crippen LogP contribution is -1.92. The number of ether oxygens (including phenoxy) is 1. The van der Waals surface area contributed by atoms with E-state index >= 15 is 0 Å². The first-order valence-electron chi connectivity index (χ1n) is 4.66. The predicted molar refractivity (Wildman–Crippen MR) is 65.4 cm³/mol. The average Bonchev–Trinajstić information content (AvgIpc) is 2.24. The van der Waals surface area contributed by atoms with Gasteiger partial charge in [0.15, 0.2) is 0 Å². The normalized spacial score (nSPS) is 10.1. The van der Waals surface area contributed by atoms with Crippen LogP contribution in [0.25, 0.3) is 0 Å². The molecule has 0 amide bonds. The summed E-state index contributed by atoms with van der Waals surface area (Å²) < 4.78 is 6.42. The van der Waals surface area contributed by atoms with Gasteiger partial charge in [0.2, 0.25) is 5.88 Å². The third-order valence-electron chi connectivity index (χ3n) is 1.95. The van der Waals surface area contributed by atoms with Crippen LogP contribution in [-0.4, -0.2) is 9.97 Å². The van der Waals surface area contributed by atoms with E-state index in [9.17, 15) is 0 Å².